The number of aryl methyl sites for hydroxylation is 2. The molecule has 4 rings (SSSR count). The summed E-state index contributed by atoms with van der Waals surface area (Å²) in [5.74, 6) is 0.718. The Kier molecular flexibility index (Phi) is 5.91. The zero-order valence-corrected chi connectivity index (χ0v) is 18.1. The molecule has 0 fully saturated rings. The molecule has 6 nitrogen and oxygen atoms in total. The maximum Gasteiger partial charge on any atom is 0.263 e. The predicted octanol–water partition coefficient (Wildman–Crippen LogP) is 4.10. The third-order valence-electron chi connectivity index (χ3n) is 5.04. The maximum atomic E-state index is 13.1. The van der Waals surface area contributed by atoms with Gasteiger partial charge in [0.15, 0.2) is 5.16 Å². The average molecular weight is 430 g/mol. The minimum absolute atomic E-state index is 0.0209. The normalized spacial score (nSPS) is 13.3. The van der Waals surface area contributed by atoms with Crippen LogP contribution in [0, 0.1) is 0 Å². The number of carbonyl (C=O) groups is 1. The Morgan fingerprint density at radius 1 is 1.34 bits per heavy atom. The number of thiophene rings is 1. The van der Waals surface area contributed by atoms with Gasteiger partial charge in [-0.2, -0.15) is 0 Å². The highest BCUT2D eigenvalue weighted by Crippen LogP contribution is 2.34. The highest BCUT2D eigenvalue weighted by Gasteiger charge is 2.22. The van der Waals surface area contributed by atoms with E-state index in [2.05, 4.69) is 5.32 Å². The summed E-state index contributed by atoms with van der Waals surface area (Å²) in [7, 11) is 1.59. The summed E-state index contributed by atoms with van der Waals surface area (Å²) in [5, 5.41) is 4.25. The van der Waals surface area contributed by atoms with Gasteiger partial charge in [-0.25, -0.2) is 4.98 Å². The van der Waals surface area contributed by atoms with Crippen LogP contribution >= 0.6 is 23.1 Å². The van der Waals surface area contributed by atoms with E-state index in [9.17, 15) is 9.59 Å². The molecule has 0 radical (unpaired) electrons. The molecule has 1 amide bonds. The first-order valence-corrected chi connectivity index (χ1v) is 11.5. The molecular formula is C21H23N3O3S2. The fourth-order valence-corrected chi connectivity index (χ4v) is 5.80. The van der Waals surface area contributed by atoms with Crippen molar-refractivity contribution in [2.75, 3.05) is 18.2 Å². The molecule has 1 N–H and O–H groups in total. The van der Waals surface area contributed by atoms with Gasteiger partial charge in [0, 0.05) is 23.2 Å². The SMILES string of the molecule is CCn1c(SCC(=O)Nc2cccc(OC)c2)nc2sc3c(c2c1=O)CCCC3. The van der Waals surface area contributed by atoms with Crippen LogP contribution in [0.4, 0.5) is 5.69 Å². The molecule has 0 bridgehead atoms. The molecule has 0 spiro atoms. The van der Waals surface area contributed by atoms with E-state index in [1.807, 2.05) is 25.1 Å². The molecule has 152 valence electrons. The number of anilines is 1. The van der Waals surface area contributed by atoms with Gasteiger partial charge in [0.25, 0.3) is 5.56 Å². The average Bonchev–Trinajstić information content (AvgIpc) is 3.11. The van der Waals surface area contributed by atoms with Crippen molar-refractivity contribution in [1.82, 2.24) is 9.55 Å². The van der Waals surface area contributed by atoms with Crippen molar-refractivity contribution in [1.29, 1.82) is 0 Å². The zero-order valence-electron chi connectivity index (χ0n) is 16.5. The number of benzene rings is 1. The summed E-state index contributed by atoms with van der Waals surface area (Å²) in [4.78, 5) is 32.4. The second kappa shape index (κ2) is 8.59. The van der Waals surface area contributed by atoms with Gasteiger partial charge < -0.3 is 10.1 Å². The Morgan fingerprint density at radius 3 is 2.97 bits per heavy atom. The molecule has 2 heterocycles. The first-order valence-electron chi connectivity index (χ1n) is 9.72. The topological polar surface area (TPSA) is 73.2 Å². The quantitative estimate of drug-likeness (QED) is 0.472. The summed E-state index contributed by atoms with van der Waals surface area (Å²) in [6.07, 6.45) is 4.30. The number of amides is 1. The summed E-state index contributed by atoms with van der Waals surface area (Å²) in [6.45, 7) is 2.47. The molecular weight excluding hydrogens is 406 g/mol. The van der Waals surface area contributed by atoms with E-state index in [0.29, 0.717) is 23.1 Å². The Labute approximate surface area is 177 Å². The van der Waals surface area contributed by atoms with E-state index in [1.54, 1.807) is 29.1 Å². The number of hydrogen-bond acceptors (Lipinski definition) is 6. The monoisotopic (exact) mass is 429 g/mol. The summed E-state index contributed by atoms with van der Waals surface area (Å²) >= 11 is 2.94. The van der Waals surface area contributed by atoms with Gasteiger partial charge in [-0.1, -0.05) is 17.8 Å². The van der Waals surface area contributed by atoms with Gasteiger partial charge in [-0.05, 0) is 50.3 Å². The zero-order chi connectivity index (χ0) is 20.4. The highest BCUT2D eigenvalue weighted by atomic mass is 32.2. The third-order valence-corrected chi connectivity index (χ3v) is 7.20. The number of thioether (sulfide) groups is 1. The molecule has 0 saturated heterocycles. The van der Waals surface area contributed by atoms with Crippen molar-refractivity contribution in [2.24, 2.45) is 0 Å². The second-order valence-electron chi connectivity index (χ2n) is 6.90. The maximum absolute atomic E-state index is 13.1. The van der Waals surface area contributed by atoms with Gasteiger partial charge in [-0.3, -0.25) is 14.2 Å². The van der Waals surface area contributed by atoms with Crippen molar-refractivity contribution in [3.05, 3.63) is 45.1 Å². The van der Waals surface area contributed by atoms with Gasteiger partial charge >= 0.3 is 0 Å². The van der Waals surface area contributed by atoms with Crippen LogP contribution in [-0.2, 0) is 24.2 Å². The van der Waals surface area contributed by atoms with E-state index in [1.165, 1.54) is 28.6 Å². The summed E-state index contributed by atoms with van der Waals surface area (Å²) < 4.78 is 6.87. The minimum Gasteiger partial charge on any atom is -0.497 e. The number of nitrogens with one attached hydrogen (secondary N) is 1. The van der Waals surface area contributed by atoms with E-state index in [4.69, 9.17) is 9.72 Å². The van der Waals surface area contributed by atoms with Crippen LogP contribution in [0.5, 0.6) is 5.75 Å². The molecule has 8 heteroatoms. The third kappa shape index (κ3) is 4.04. The highest BCUT2D eigenvalue weighted by molar-refractivity contribution is 7.99. The number of methoxy groups -OCH3 is 1. The predicted molar refractivity (Wildman–Crippen MR) is 119 cm³/mol. The number of aromatic nitrogens is 2. The van der Waals surface area contributed by atoms with Gasteiger partial charge in [0.2, 0.25) is 5.91 Å². The molecule has 1 aromatic carbocycles. The molecule has 29 heavy (non-hydrogen) atoms. The lowest BCUT2D eigenvalue weighted by atomic mass is 9.97. The van der Waals surface area contributed by atoms with Crippen LogP contribution in [0.25, 0.3) is 10.2 Å². The molecule has 0 saturated carbocycles. The van der Waals surface area contributed by atoms with Crippen molar-refractivity contribution in [3.63, 3.8) is 0 Å². The van der Waals surface area contributed by atoms with Gasteiger partial charge in [0.05, 0.1) is 18.2 Å². The van der Waals surface area contributed by atoms with Gasteiger partial charge in [-0.15, -0.1) is 11.3 Å². The number of rotatable bonds is 6. The standard InChI is InChI=1S/C21H23N3O3S2/c1-3-24-20(26)18-15-9-4-5-10-16(15)29-19(18)23-21(24)28-12-17(25)22-13-7-6-8-14(11-13)27-2/h6-8,11H,3-5,9-10,12H2,1-2H3,(H,22,25). The fraction of sp³-hybridized carbons (Fsp3) is 0.381. The fourth-order valence-electron chi connectivity index (χ4n) is 3.64. The van der Waals surface area contributed by atoms with E-state index >= 15 is 0 Å². The van der Waals surface area contributed by atoms with Crippen molar-refractivity contribution in [2.45, 2.75) is 44.3 Å². The number of hydrogen-bond donors (Lipinski definition) is 1. The van der Waals surface area contributed by atoms with Crippen LogP contribution in [0.2, 0.25) is 0 Å². The lowest BCUT2D eigenvalue weighted by Crippen LogP contribution is -2.24. The van der Waals surface area contributed by atoms with E-state index in [0.717, 1.165) is 29.5 Å². The molecule has 3 aromatic rings. The number of carbonyl (C=O) groups excluding carboxylic acids is 1. The smallest absolute Gasteiger partial charge is 0.263 e. The number of ether oxygens (including phenoxy) is 1. The largest absolute Gasteiger partial charge is 0.497 e. The van der Waals surface area contributed by atoms with Crippen LogP contribution in [-0.4, -0.2) is 28.3 Å². The first kappa shape index (κ1) is 20.0. The van der Waals surface area contributed by atoms with Gasteiger partial charge in [0.1, 0.15) is 10.6 Å². The Morgan fingerprint density at radius 2 is 2.17 bits per heavy atom. The molecule has 0 atom stereocenters. The molecule has 0 unspecified atom stereocenters. The molecule has 2 aromatic heterocycles. The van der Waals surface area contributed by atoms with Crippen LogP contribution in [0.15, 0.2) is 34.2 Å². The van der Waals surface area contributed by atoms with E-state index < -0.39 is 0 Å². The minimum atomic E-state index is -0.147. The first-order chi connectivity index (χ1) is 14.1. The Bertz CT molecular complexity index is 1120. The van der Waals surface area contributed by atoms with Crippen LogP contribution < -0.4 is 15.6 Å². The lowest BCUT2D eigenvalue weighted by molar-refractivity contribution is -0.113. The molecule has 0 aliphatic heterocycles. The second-order valence-corrected chi connectivity index (χ2v) is 8.93. The van der Waals surface area contributed by atoms with Crippen molar-refractivity contribution >= 4 is 44.9 Å². The van der Waals surface area contributed by atoms with Crippen molar-refractivity contribution < 1.29 is 9.53 Å². The Balaban J connectivity index is 1.55. The number of fused-ring (bicyclic) bond motifs is 3. The number of nitrogens with zero attached hydrogens (tertiary/aromatic N) is 2. The van der Waals surface area contributed by atoms with E-state index in [-0.39, 0.29) is 17.2 Å². The Hall–Kier alpha value is -2.32. The summed E-state index contributed by atoms with van der Waals surface area (Å²) in [5.41, 5.74) is 1.90. The molecule has 1 aliphatic rings. The van der Waals surface area contributed by atoms with Crippen LogP contribution in [0.1, 0.15) is 30.2 Å². The summed E-state index contributed by atoms with van der Waals surface area (Å²) in [6, 6.07) is 7.23. The molecule has 1 aliphatic carbocycles. The lowest BCUT2D eigenvalue weighted by Gasteiger charge is -2.12. The van der Waals surface area contributed by atoms with Crippen LogP contribution in [0.3, 0.4) is 0 Å². The van der Waals surface area contributed by atoms with Crippen molar-refractivity contribution in [3.8, 4) is 5.75 Å².